The van der Waals surface area contributed by atoms with E-state index in [4.69, 9.17) is 14.2 Å². The second-order valence-electron chi connectivity index (χ2n) is 5.02. The molecule has 1 aliphatic rings. The Kier molecular flexibility index (Phi) is 6.75. The average Bonchev–Trinajstić information content (AvgIpc) is 2.81. The molecule has 0 amide bonds. The van der Waals surface area contributed by atoms with Crippen molar-refractivity contribution in [2.75, 3.05) is 26.9 Å². The Morgan fingerprint density at radius 2 is 2.16 bits per heavy atom. The summed E-state index contributed by atoms with van der Waals surface area (Å²) in [6.45, 7) is 7.50. The van der Waals surface area contributed by atoms with E-state index in [1.807, 2.05) is 27.8 Å². The quantitative estimate of drug-likeness (QED) is 0.679. The zero-order valence-corrected chi connectivity index (χ0v) is 12.5. The maximum atomic E-state index is 12.0. The molecular weight excluding hydrogens is 246 g/mol. The number of carbonyl (C=O) groups excluding carboxylic acids is 1. The van der Waals surface area contributed by atoms with Gasteiger partial charge in [-0.05, 0) is 40.7 Å². The van der Waals surface area contributed by atoms with Gasteiger partial charge in [0.25, 0.3) is 0 Å². The SMILES string of the molecule is CCOCC(C)OC1CCC(NC)(C(=O)OCC)C1. The van der Waals surface area contributed by atoms with Crippen LogP contribution in [0.2, 0.25) is 0 Å². The number of carbonyl (C=O) groups is 1. The fraction of sp³-hybridized carbons (Fsp3) is 0.929. The van der Waals surface area contributed by atoms with Crippen LogP contribution in [0.4, 0.5) is 0 Å². The lowest BCUT2D eigenvalue weighted by atomic mass is 9.98. The van der Waals surface area contributed by atoms with Crippen molar-refractivity contribution in [1.29, 1.82) is 0 Å². The van der Waals surface area contributed by atoms with Gasteiger partial charge < -0.3 is 19.5 Å². The molecule has 0 aliphatic heterocycles. The van der Waals surface area contributed by atoms with E-state index in [0.29, 0.717) is 26.2 Å². The van der Waals surface area contributed by atoms with Crippen molar-refractivity contribution in [2.45, 2.75) is 57.8 Å². The van der Waals surface area contributed by atoms with Gasteiger partial charge >= 0.3 is 5.97 Å². The third-order valence-electron chi connectivity index (χ3n) is 3.60. The lowest BCUT2D eigenvalue weighted by Crippen LogP contribution is -2.49. The van der Waals surface area contributed by atoms with Gasteiger partial charge in [0, 0.05) is 13.0 Å². The fourth-order valence-electron chi connectivity index (χ4n) is 2.55. The van der Waals surface area contributed by atoms with E-state index in [2.05, 4.69) is 5.32 Å². The van der Waals surface area contributed by atoms with Crippen molar-refractivity contribution < 1.29 is 19.0 Å². The van der Waals surface area contributed by atoms with Gasteiger partial charge in [-0.15, -0.1) is 0 Å². The molecule has 3 atom stereocenters. The van der Waals surface area contributed by atoms with Crippen molar-refractivity contribution in [3.05, 3.63) is 0 Å². The molecule has 19 heavy (non-hydrogen) atoms. The van der Waals surface area contributed by atoms with Crippen molar-refractivity contribution >= 4 is 5.97 Å². The number of hydrogen-bond acceptors (Lipinski definition) is 5. The molecule has 1 N–H and O–H groups in total. The molecule has 1 aliphatic carbocycles. The molecule has 0 spiro atoms. The van der Waals surface area contributed by atoms with E-state index in [9.17, 15) is 4.79 Å². The topological polar surface area (TPSA) is 56.8 Å². The summed E-state index contributed by atoms with van der Waals surface area (Å²) >= 11 is 0. The van der Waals surface area contributed by atoms with Crippen LogP contribution in [0.25, 0.3) is 0 Å². The van der Waals surface area contributed by atoms with E-state index in [0.717, 1.165) is 12.8 Å². The molecule has 0 radical (unpaired) electrons. The van der Waals surface area contributed by atoms with Crippen molar-refractivity contribution in [2.24, 2.45) is 0 Å². The molecule has 5 nitrogen and oxygen atoms in total. The Labute approximate surface area is 116 Å². The molecule has 0 saturated heterocycles. The molecule has 0 bridgehead atoms. The highest BCUT2D eigenvalue weighted by atomic mass is 16.5. The van der Waals surface area contributed by atoms with Gasteiger partial charge in [-0.2, -0.15) is 0 Å². The van der Waals surface area contributed by atoms with Crippen LogP contribution < -0.4 is 5.32 Å². The molecule has 0 aromatic rings. The number of nitrogens with one attached hydrogen (secondary N) is 1. The van der Waals surface area contributed by atoms with E-state index in [1.54, 1.807) is 0 Å². The Morgan fingerprint density at radius 3 is 2.74 bits per heavy atom. The van der Waals surface area contributed by atoms with Gasteiger partial charge in [0.05, 0.1) is 25.4 Å². The summed E-state index contributed by atoms with van der Waals surface area (Å²) in [4.78, 5) is 12.0. The van der Waals surface area contributed by atoms with E-state index >= 15 is 0 Å². The van der Waals surface area contributed by atoms with Crippen LogP contribution in [0.3, 0.4) is 0 Å². The highest BCUT2D eigenvalue weighted by Crippen LogP contribution is 2.33. The van der Waals surface area contributed by atoms with Crippen LogP contribution in [-0.4, -0.2) is 50.6 Å². The first-order valence-corrected chi connectivity index (χ1v) is 7.17. The number of esters is 1. The van der Waals surface area contributed by atoms with Gasteiger partial charge in [0.2, 0.25) is 0 Å². The normalized spacial score (nSPS) is 28.3. The first-order chi connectivity index (χ1) is 9.07. The standard InChI is InChI=1S/C14H27NO4/c1-5-17-10-11(3)19-12-7-8-14(9-12,15-4)13(16)18-6-2/h11-12,15H,5-10H2,1-4H3. The van der Waals surface area contributed by atoms with Crippen LogP contribution in [0, 0.1) is 0 Å². The largest absolute Gasteiger partial charge is 0.465 e. The average molecular weight is 273 g/mol. The van der Waals surface area contributed by atoms with Crippen molar-refractivity contribution in [3.63, 3.8) is 0 Å². The number of likely N-dealkylation sites (N-methyl/N-ethyl adjacent to an activating group) is 1. The second kappa shape index (κ2) is 7.82. The predicted octanol–water partition coefficient (Wildman–Crippen LogP) is 1.50. The minimum atomic E-state index is -0.577. The molecule has 5 heteroatoms. The van der Waals surface area contributed by atoms with Crippen molar-refractivity contribution in [1.82, 2.24) is 5.32 Å². The summed E-state index contributed by atoms with van der Waals surface area (Å²) in [5, 5.41) is 3.12. The molecule has 3 unspecified atom stereocenters. The van der Waals surface area contributed by atoms with Gasteiger partial charge in [0.15, 0.2) is 0 Å². The minimum Gasteiger partial charge on any atom is -0.465 e. The van der Waals surface area contributed by atoms with Crippen LogP contribution in [0.5, 0.6) is 0 Å². The number of ether oxygens (including phenoxy) is 3. The Balaban J connectivity index is 2.48. The summed E-state index contributed by atoms with van der Waals surface area (Å²) < 4.78 is 16.4. The fourth-order valence-corrected chi connectivity index (χ4v) is 2.55. The summed E-state index contributed by atoms with van der Waals surface area (Å²) in [6.07, 6.45) is 2.44. The monoisotopic (exact) mass is 273 g/mol. The second-order valence-corrected chi connectivity index (χ2v) is 5.02. The predicted molar refractivity (Wildman–Crippen MR) is 73.1 cm³/mol. The highest BCUT2D eigenvalue weighted by Gasteiger charge is 2.46. The molecule has 1 saturated carbocycles. The molecular formula is C14H27NO4. The molecule has 112 valence electrons. The zero-order chi connectivity index (χ0) is 14.3. The Bertz CT molecular complexity index is 285. The molecule has 0 heterocycles. The maximum absolute atomic E-state index is 12.0. The van der Waals surface area contributed by atoms with E-state index in [-0.39, 0.29) is 18.2 Å². The van der Waals surface area contributed by atoms with Crippen LogP contribution in [0.15, 0.2) is 0 Å². The summed E-state index contributed by atoms with van der Waals surface area (Å²) in [7, 11) is 1.81. The minimum absolute atomic E-state index is 0.0554. The van der Waals surface area contributed by atoms with Crippen molar-refractivity contribution in [3.8, 4) is 0 Å². The first kappa shape index (κ1) is 16.4. The maximum Gasteiger partial charge on any atom is 0.326 e. The molecule has 0 aromatic carbocycles. The third kappa shape index (κ3) is 4.44. The highest BCUT2D eigenvalue weighted by molar-refractivity contribution is 5.81. The molecule has 1 rings (SSSR count). The third-order valence-corrected chi connectivity index (χ3v) is 3.60. The van der Waals surface area contributed by atoms with Crippen LogP contribution in [-0.2, 0) is 19.0 Å². The number of hydrogen-bond donors (Lipinski definition) is 1. The smallest absolute Gasteiger partial charge is 0.326 e. The summed E-state index contributed by atoms with van der Waals surface area (Å²) in [6, 6.07) is 0. The van der Waals surface area contributed by atoms with Gasteiger partial charge in [-0.25, -0.2) is 0 Å². The number of rotatable bonds is 8. The summed E-state index contributed by atoms with van der Waals surface area (Å²) in [5.41, 5.74) is -0.577. The van der Waals surface area contributed by atoms with Gasteiger partial charge in [-0.1, -0.05) is 0 Å². The first-order valence-electron chi connectivity index (χ1n) is 7.17. The van der Waals surface area contributed by atoms with E-state index < -0.39 is 5.54 Å². The Hall–Kier alpha value is -0.650. The molecule has 0 aromatic heterocycles. The lowest BCUT2D eigenvalue weighted by molar-refractivity contribution is -0.151. The lowest BCUT2D eigenvalue weighted by Gasteiger charge is -2.26. The zero-order valence-electron chi connectivity index (χ0n) is 12.5. The van der Waals surface area contributed by atoms with Crippen LogP contribution in [0.1, 0.15) is 40.0 Å². The van der Waals surface area contributed by atoms with Gasteiger partial charge in [-0.3, -0.25) is 4.79 Å². The molecule has 1 fully saturated rings. The van der Waals surface area contributed by atoms with Gasteiger partial charge in [0.1, 0.15) is 5.54 Å². The summed E-state index contributed by atoms with van der Waals surface area (Å²) in [5.74, 6) is -0.166. The van der Waals surface area contributed by atoms with Crippen LogP contribution >= 0.6 is 0 Å². The van der Waals surface area contributed by atoms with E-state index in [1.165, 1.54) is 0 Å². The Morgan fingerprint density at radius 1 is 1.42 bits per heavy atom.